The lowest BCUT2D eigenvalue weighted by Gasteiger charge is -2.22. The van der Waals surface area contributed by atoms with E-state index in [1.165, 1.54) is 11.3 Å². The van der Waals surface area contributed by atoms with Gasteiger partial charge in [0.05, 0.1) is 5.56 Å². The van der Waals surface area contributed by atoms with E-state index in [9.17, 15) is 19.2 Å². The number of nitrogens with one attached hydrogen (secondary N) is 4. The molecule has 4 amide bonds. The Morgan fingerprint density at radius 3 is 2.57 bits per heavy atom. The summed E-state index contributed by atoms with van der Waals surface area (Å²) in [6, 6.07) is 5.33. The van der Waals surface area contributed by atoms with Gasteiger partial charge in [-0.25, -0.2) is 0 Å². The maximum atomic E-state index is 13.2. The first-order chi connectivity index (χ1) is 17.0. The standard InChI is InChI=1S/C26H28N4O4S/c31-22(14-3-4-14)30-26-21(25(34)27-11-13-1-2-13)19-10-15(5-8-20(19)35-26)23(32)29-17-6-7-18-16(9-17)12-28-24(18)33/h6-7,9,13-15H,1-5,8,10-12H2,(H,27,34)(H,28,33)(H,29,32)(H,30,31). The van der Waals surface area contributed by atoms with Gasteiger partial charge in [-0.3, -0.25) is 19.2 Å². The highest BCUT2D eigenvalue weighted by Crippen LogP contribution is 2.41. The molecule has 1 aromatic carbocycles. The molecule has 1 atom stereocenters. The minimum absolute atomic E-state index is 0.0151. The molecule has 1 unspecified atom stereocenters. The SMILES string of the molecule is O=C1NCc2cc(NC(=O)C3CCc4sc(NC(=O)C5CC5)c(C(=O)NCC5CC5)c4C3)ccc21. The Morgan fingerprint density at radius 1 is 1.00 bits per heavy atom. The molecule has 2 heterocycles. The summed E-state index contributed by atoms with van der Waals surface area (Å²) in [4.78, 5) is 51.7. The van der Waals surface area contributed by atoms with Crippen LogP contribution >= 0.6 is 11.3 Å². The molecule has 0 spiro atoms. The highest BCUT2D eigenvalue weighted by molar-refractivity contribution is 7.17. The van der Waals surface area contributed by atoms with E-state index >= 15 is 0 Å². The van der Waals surface area contributed by atoms with E-state index < -0.39 is 0 Å². The van der Waals surface area contributed by atoms with Crippen molar-refractivity contribution in [2.75, 3.05) is 17.2 Å². The van der Waals surface area contributed by atoms with E-state index in [1.807, 2.05) is 6.07 Å². The fourth-order valence-corrected chi connectivity index (χ4v) is 6.14. The van der Waals surface area contributed by atoms with Crippen molar-refractivity contribution >= 4 is 45.7 Å². The number of hydrogen-bond acceptors (Lipinski definition) is 5. The first-order valence-electron chi connectivity index (χ1n) is 12.4. The van der Waals surface area contributed by atoms with Crippen molar-refractivity contribution in [2.45, 2.75) is 51.5 Å². The fourth-order valence-electron chi connectivity index (χ4n) is 4.90. The number of carbonyl (C=O) groups is 4. The molecule has 4 N–H and O–H groups in total. The first kappa shape index (κ1) is 22.3. The highest BCUT2D eigenvalue weighted by atomic mass is 32.1. The van der Waals surface area contributed by atoms with Gasteiger partial charge < -0.3 is 21.3 Å². The van der Waals surface area contributed by atoms with Gasteiger partial charge in [0.1, 0.15) is 5.00 Å². The van der Waals surface area contributed by atoms with Crippen molar-refractivity contribution in [1.82, 2.24) is 10.6 Å². The lowest BCUT2D eigenvalue weighted by atomic mass is 9.85. The van der Waals surface area contributed by atoms with Gasteiger partial charge in [0.25, 0.3) is 11.8 Å². The van der Waals surface area contributed by atoms with Crippen molar-refractivity contribution in [3.05, 3.63) is 45.3 Å². The van der Waals surface area contributed by atoms with Crippen LogP contribution in [0.5, 0.6) is 0 Å². The Morgan fingerprint density at radius 2 is 1.80 bits per heavy atom. The Labute approximate surface area is 207 Å². The van der Waals surface area contributed by atoms with Crippen LogP contribution in [-0.2, 0) is 29.0 Å². The molecule has 35 heavy (non-hydrogen) atoms. The largest absolute Gasteiger partial charge is 0.352 e. The Bertz CT molecular complexity index is 1240. The third-order valence-corrected chi connectivity index (χ3v) is 8.56. The molecular weight excluding hydrogens is 464 g/mol. The van der Waals surface area contributed by atoms with Crippen molar-refractivity contribution in [2.24, 2.45) is 17.8 Å². The Kier molecular flexibility index (Phi) is 5.59. The molecule has 0 radical (unpaired) electrons. The van der Waals surface area contributed by atoms with Gasteiger partial charge in [-0.2, -0.15) is 0 Å². The molecule has 2 aromatic rings. The molecule has 4 aliphatic rings. The Hall–Kier alpha value is -3.20. The molecule has 2 saturated carbocycles. The minimum atomic E-state index is -0.271. The molecule has 182 valence electrons. The van der Waals surface area contributed by atoms with Gasteiger partial charge in [0.15, 0.2) is 0 Å². The van der Waals surface area contributed by atoms with Gasteiger partial charge in [0.2, 0.25) is 11.8 Å². The van der Waals surface area contributed by atoms with Crippen LogP contribution in [-0.4, -0.2) is 30.2 Å². The van der Waals surface area contributed by atoms with Crippen LogP contribution in [0.3, 0.4) is 0 Å². The van der Waals surface area contributed by atoms with Gasteiger partial charge in [-0.05, 0) is 80.2 Å². The summed E-state index contributed by atoms with van der Waals surface area (Å²) < 4.78 is 0. The van der Waals surface area contributed by atoms with E-state index in [0.29, 0.717) is 60.1 Å². The Balaban J connectivity index is 1.21. The monoisotopic (exact) mass is 492 g/mol. The van der Waals surface area contributed by atoms with Crippen LogP contribution in [0.4, 0.5) is 10.7 Å². The molecule has 6 rings (SSSR count). The van der Waals surface area contributed by atoms with Crippen LogP contribution in [0.1, 0.15) is 68.8 Å². The lowest BCUT2D eigenvalue weighted by Crippen LogP contribution is -2.31. The van der Waals surface area contributed by atoms with E-state index in [2.05, 4.69) is 21.3 Å². The summed E-state index contributed by atoms with van der Waals surface area (Å²) in [5.74, 6) is -0.0237. The van der Waals surface area contributed by atoms with Crippen LogP contribution in [0.2, 0.25) is 0 Å². The van der Waals surface area contributed by atoms with Crippen LogP contribution in [0.15, 0.2) is 18.2 Å². The van der Waals surface area contributed by atoms with Gasteiger partial charge >= 0.3 is 0 Å². The zero-order valence-corrected chi connectivity index (χ0v) is 20.2. The van der Waals surface area contributed by atoms with Crippen molar-refractivity contribution in [3.63, 3.8) is 0 Å². The fraction of sp³-hybridized carbons (Fsp3) is 0.462. The molecule has 1 aliphatic heterocycles. The van der Waals surface area contributed by atoms with E-state index in [4.69, 9.17) is 0 Å². The number of rotatable bonds is 7. The predicted octanol–water partition coefficient (Wildman–Crippen LogP) is 3.22. The van der Waals surface area contributed by atoms with Gasteiger partial charge in [-0.1, -0.05) is 0 Å². The number of fused-ring (bicyclic) bond motifs is 2. The van der Waals surface area contributed by atoms with E-state index in [0.717, 1.165) is 41.7 Å². The lowest BCUT2D eigenvalue weighted by molar-refractivity contribution is -0.120. The van der Waals surface area contributed by atoms with Crippen LogP contribution in [0.25, 0.3) is 0 Å². The highest BCUT2D eigenvalue weighted by Gasteiger charge is 2.35. The number of anilines is 2. The normalized spacial score (nSPS) is 20.5. The average Bonchev–Trinajstić information content (AvgIpc) is 3.77. The maximum Gasteiger partial charge on any atom is 0.254 e. The molecule has 2 fully saturated rings. The number of thiophene rings is 1. The summed E-state index contributed by atoms with van der Waals surface area (Å²) in [5, 5.41) is 12.5. The molecule has 9 heteroatoms. The topological polar surface area (TPSA) is 116 Å². The summed E-state index contributed by atoms with van der Waals surface area (Å²) in [7, 11) is 0. The molecule has 0 saturated heterocycles. The van der Waals surface area contributed by atoms with Crippen LogP contribution in [0, 0.1) is 17.8 Å². The van der Waals surface area contributed by atoms with Crippen molar-refractivity contribution < 1.29 is 19.2 Å². The van der Waals surface area contributed by atoms with Crippen LogP contribution < -0.4 is 21.3 Å². The quantitative estimate of drug-likeness (QED) is 0.475. The molecule has 3 aliphatic carbocycles. The van der Waals surface area contributed by atoms with E-state index in [-0.39, 0.29) is 35.5 Å². The summed E-state index contributed by atoms with van der Waals surface area (Å²) in [6.45, 7) is 1.12. The average molecular weight is 493 g/mol. The number of aryl methyl sites for hydroxylation is 1. The minimum Gasteiger partial charge on any atom is -0.352 e. The zero-order chi connectivity index (χ0) is 24.1. The molecule has 0 bridgehead atoms. The second kappa shape index (κ2) is 8.78. The third kappa shape index (κ3) is 4.57. The number of hydrogen-bond donors (Lipinski definition) is 4. The van der Waals surface area contributed by atoms with Crippen molar-refractivity contribution in [1.29, 1.82) is 0 Å². The summed E-state index contributed by atoms with van der Waals surface area (Å²) >= 11 is 1.48. The first-order valence-corrected chi connectivity index (χ1v) is 13.2. The zero-order valence-electron chi connectivity index (χ0n) is 19.4. The number of benzene rings is 1. The second-order valence-electron chi connectivity index (χ2n) is 10.1. The maximum absolute atomic E-state index is 13.2. The molecule has 8 nitrogen and oxygen atoms in total. The van der Waals surface area contributed by atoms with Gasteiger partial charge in [-0.15, -0.1) is 11.3 Å². The van der Waals surface area contributed by atoms with Crippen molar-refractivity contribution in [3.8, 4) is 0 Å². The second-order valence-corrected chi connectivity index (χ2v) is 11.2. The number of amides is 4. The molecular formula is C26H28N4O4S. The van der Waals surface area contributed by atoms with Gasteiger partial charge in [0, 0.05) is 41.1 Å². The molecule has 1 aromatic heterocycles. The van der Waals surface area contributed by atoms with E-state index in [1.54, 1.807) is 12.1 Å². The summed E-state index contributed by atoms with van der Waals surface area (Å²) in [5.41, 5.74) is 3.62. The smallest absolute Gasteiger partial charge is 0.254 e. The number of carbonyl (C=O) groups excluding carboxylic acids is 4. The predicted molar refractivity (Wildman–Crippen MR) is 132 cm³/mol. The third-order valence-electron chi connectivity index (χ3n) is 7.35. The summed E-state index contributed by atoms with van der Waals surface area (Å²) in [6.07, 6.45) is 5.93.